The Hall–Kier alpha value is -2.82. The predicted octanol–water partition coefficient (Wildman–Crippen LogP) is 4.83. The number of benzene rings is 1. The van der Waals surface area contributed by atoms with Crippen LogP contribution in [0.15, 0.2) is 47.2 Å². The maximum absolute atomic E-state index is 12.4. The Labute approximate surface area is 180 Å². The lowest BCUT2D eigenvalue weighted by Crippen LogP contribution is -2.14. The first-order valence-electron chi connectivity index (χ1n) is 8.73. The first-order valence-corrected chi connectivity index (χ1v) is 10.9. The SMILES string of the molecule is COc1ccc(-c2csc(NC(=O)CCn3c(-c4cccs4)n[nH]c3=S)n2)cc1. The average Bonchev–Trinajstić information content (AvgIpc) is 3.48. The molecule has 7 nitrogen and oxygen atoms in total. The maximum Gasteiger partial charge on any atom is 0.227 e. The molecule has 0 aliphatic heterocycles. The van der Waals surface area contributed by atoms with E-state index in [0.717, 1.165) is 27.7 Å². The highest BCUT2D eigenvalue weighted by atomic mass is 32.1. The third-order valence-corrected chi connectivity index (χ3v) is 6.13. The first kappa shape index (κ1) is 19.5. The van der Waals surface area contributed by atoms with Gasteiger partial charge in [-0.25, -0.2) is 4.98 Å². The smallest absolute Gasteiger partial charge is 0.227 e. The fraction of sp³-hybridized carbons (Fsp3) is 0.158. The zero-order valence-electron chi connectivity index (χ0n) is 15.4. The number of H-pyrrole nitrogens is 1. The Kier molecular flexibility index (Phi) is 5.84. The van der Waals surface area contributed by atoms with Gasteiger partial charge in [-0.1, -0.05) is 6.07 Å². The minimum atomic E-state index is -0.124. The van der Waals surface area contributed by atoms with Crippen molar-refractivity contribution in [1.29, 1.82) is 0 Å². The van der Waals surface area contributed by atoms with Crippen LogP contribution in [0.5, 0.6) is 5.75 Å². The van der Waals surface area contributed by atoms with E-state index >= 15 is 0 Å². The summed E-state index contributed by atoms with van der Waals surface area (Å²) in [6, 6.07) is 11.6. The van der Waals surface area contributed by atoms with Gasteiger partial charge in [-0.05, 0) is 47.9 Å². The number of ether oxygens (including phenoxy) is 1. The summed E-state index contributed by atoms with van der Waals surface area (Å²) in [5.41, 5.74) is 1.78. The van der Waals surface area contributed by atoms with Crippen LogP contribution in [0.3, 0.4) is 0 Å². The molecule has 0 bridgehead atoms. The number of hydrogen-bond acceptors (Lipinski definition) is 7. The van der Waals surface area contributed by atoms with Crippen LogP contribution in [0, 0.1) is 4.77 Å². The summed E-state index contributed by atoms with van der Waals surface area (Å²) in [6.45, 7) is 0.436. The minimum absolute atomic E-state index is 0.124. The van der Waals surface area contributed by atoms with Crippen LogP contribution in [-0.4, -0.2) is 32.8 Å². The van der Waals surface area contributed by atoms with Crippen molar-refractivity contribution in [3.63, 3.8) is 0 Å². The van der Waals surface area contributed by atoms with E-state index in [1.807, 2.05) is 51.7 Å². The van der Waals surface area contributed by atoms with Gasteiger partial charge in [-0.15, -0.1) is 22.7 Å². The van der Waals surface area contributed by atoms with E-state index in [9.17, 15) is 4.79 Å². The first-order chi connectivity index (χ1) is 14.1. The Morgan fingerprint density at radius 2 is 2.10 bits per heavy atom. The number of hydrogen-bond donors (Lipinski definition) is 2. The fourth-order valence-corrected chi connectivity index (χ4v) is 4.42. The number of anilines is 1. The zero-order chi connectivity index (χ0) is 20.2. The van der Waals surface area contributed by atoms with Gasteiger partial charge in [0.2, 0.25) is 5.91 Å². The molecule has 1 aromatic carbocycles. The Morgan fingerprint density at radius 3 is 2.83 bits per heavy atom. The highest BCUT2D eigenvalue weighted by Gasteiger charge is 2.13. The molecule has 4 rings (SSSR count). The van der Waals surface area contributed by atoms with Crippen LogP contribution < -0.4 is 10.1 Å². The molecule has 3 aromatic heterocycles. The lowest BCUT2D eigenvalue weighted by molar-refractivity contribution is -0.116. The number of rotatable bonds is 7. The second-order valence-electron chi connectivity index (χ2n) is 6.05. The van der Waals surface area contributed by atoms with Crippen LogP contribution in [0.25, 0.3) is 22.0 Å². The molecule has 0 spiro atoms. The topological polar surface area (TPSA) is 84.8 Å². The number of thiazole rings is 1. The van der Waals surface area contributed by atoms with Crippen molar-refractivity contribution in [2.45, 2.75) is 13.0 Å². The van der Waals surface area contributed by atoms with Gasteiger partial charge in [0, 0.05) is 23.9 Å². The van der Waals surface area contributed by atoms with Crippen molar-refractivity contribution >= 4 is 45.9 Å². The molecule has 0 atom stereocenters. The molecule has 1 amide bonds. The van der Waals surface area contributed by atoms with E-state index in [1.165, 1.54) is 11.3 Å². The molecule has 0 unspecified atom stereocenters. The van der Waals surface area contributed by atoms with Crippen LogP contribution in [-0.2, 0) is 11.3 Å². The molecular weight excluding hydrogens is 426 g/mol. The van der Waals surface area contributed by atoms with Crippen molar-refractivity contribution in [1.82, 2.24) is 19.7 Å². The molecule has 2 N–H and O–H groups in total. The summed E-state index contributed by atoms with van der Waals surface area (Å²) in [5, 5.41) is 14.4. The number of nitrogens with one attached hydrogen (secondary N) is 2. The molecule has 4 aromatic rings. The van der Waals surface area contributed by atoms with Gasteiger partial charge >= 0.3 is 0 Å². The largest absolute Gasteiger partial charge is 0.497 e. The van der Waals surface area contributed by atoms with Gasteiger partial charge in [0.15, 0.2) is 15.7 Å². The predicted molar refractivity (Wildman–Crippen MR) is 118 cm³/mol. The van der Waals surface area contributed by atoms with Gasteiger partial charge < -0.3 is 10.1 Å². The molecule has 10 heteroatoms. The monoisotopic (exact) mass is 443 g/mol. The number of aromatic nitrogens is 4. The third kappa shape index (κ3) is 4.44. The van der Waals surface area contributed by atoms with Crippen molar-refractivity contribution < 1.29 is 9.53 Å². The van der Waals surface area contributed by atoms with Crippen molar-refractivity contribution in [3.05, 3.63) is 51.9 Å². The van der Waals surface area contributed by atoms with Crippen molar-refractivity contribution in [3.8, 4) is 27.7 Å². The Morgan fingerprint density at radius 1 is 1.28 bits per heavy atom. The highest BCUT2D eigenvalue weighted by molar-refractivity contribution is 7.71. The van der Waals surface area contributed by atoms with E-state index in [1.54, 1.807) is 18.4 Å². The van der Waals surface area contributed by atoms with Crippen molar-refractivity contribution in [2.24, 2.45) is 0 Å². The normalized spacial score (nSPS) is 10.8. The maximum atomic E-state index is 12.4. The quantitative estimate of drug-likeness (QED) is 0.400. The molecule has 29 heavy (non-hydrogen) atoms. The van der Waals surface area contributed by atoms with Gasteiger partial charge in [0.1, 0.15) is 5.75 Å². The number of thiophene rings is 1. The summed E-state index contributed by atoms with van der Waals surface area (Å²) in [7, 11) is 1.63. The van der Waals surface area contributed by atoms with Crippen molar-refractivity contribution in [2.75, 3.05) is 12.4 Å². The second-order valence-corrected chi connectivity index (χ2v) is 8.24. The van der Waals surface area contributed by atoms with Gasteiger partial charge in [0.05, 0.1) is 17.7 Å². The second kappa shape index (κ2) is 8.68. The number of carbonyl (C=O) groups excluding carboxylic acids is 1. The Bertz CT molecular complexity index is 1160. The lowest BCUT2D eigenvalue weighted by atomic mass is 10.2. The van der Waals surface area contributed by atoms with Crippen LogP contribution in [0.2, 0.25) is 0 Å². The summed E-state index contributed by atoms with van der Waals surface area (Å²) in [6.07, 6.45) is 0.268. The van der Waals surface area contributed by atoms with E-state index in [2.05, 4.69) is 20.5 Å². The standard InChI is InChI=1S/C19H17N5O2S3/c1-26-13-6-4-12(5-7-13)14-11-29-18(20-14)21-16(25)8-9-24-17(22-23-19(24)27)15-3-2-10-28-15/h2-7,10-11H,8-9H2,1H3,(H,23,27)(H,20,21,25). The number of amides is 1. The number of nitrogens with zero attached hydrogens (tertiary/aromatic N) is 3. The van der Waals surface area contributed by atoms with Gasteiger partial charge in [0.25, 0.3) is 0 Å². The summed E-state index contributed by atoms with van der Waals surface area (Å²) < 4.78 is 7.51. The van der Waals surface area contributed by atoms with Crippen LogP contribution in [0.1, 0.15) is 6.42 Å². The summed E-state index contributed by atoms with van der Waals surface area (Å²) >= 11 is 8.27. The third-order valence-electron chi connectivity index (χ3n) is 4.20. The average molecular weight is 444 g/mol. The number of carbonyl (C=O) groups is 1. The van der Waals surface area contributed by atoms with Crippen LogP contribution in [0.4, 0.5) is 5.13 Å². The zero-order valence-corrected chi connectivity index (χ0v) is 17.9. The minimum Gasteiger partial charge on any atom is -0.497 e. The van der Waals surface area contributed by atoms with E-state index in [-0.39, 0.29) is 12.3 Å². The summed E-state index contributed by atoms with van der Waals surface area (Å²) in [4.78, 5) is 17.9. The molecule has 3 heterocycles. The number of methoxy groups -OCH3 is 1. The molecule has 0 saturated carbocycles. The lowest BCUT2D eigenvalue weighted by Gasteiger charge is -2.05. The fourth-order valence-electron chi connectivity index (χ4n) is 2.74. The van der Waals surface area contributed by atoms with Gasteiger partial charge in [-0.2, -0.15) is 5.10 Å². The molecule has 148 valence electrons. The van der Waals surface area contributed by atoms with E-state index in [0.29, 0.717) is 16.4 Å². The summed E-state index contributed by atoms with van der Waals surface area (Å²) in [5.74, 6) is 1.41. The van der Waals surface area contributed by atoms with E-state index in [4.69, 9.17) is 17.0 Å². The van der Waals surface area contributed by atoms with E-state index < -0.39 is 0 Å². The molecule has 0 aliphatic rings. The highest BCUT2D eigenvalue weighted by Crippen LogP contribution is 2.27. The Balaban J connectivity index is 1.39. The molecule has 0 fully saturated rings. The number of aromatic amines is 1. The van der Waals surface area contributed by atoms with Gasteiger partial charge in [-0.3, -0.25) is 14.5 Å². The van der Waals surface area contributed by atoms with Crippen LogP contribution >= 0.6 is 34.9 Å². The molecule has 0 saturated heterocycles. The molecule has 0 radical (unpaired) electrons. The molecular formula is C19H17N5O2S3. The molecule has 0 aliphatic carbocycles.